The van der Waals surface area contributed by atoms with E-state index in [-0.39, 0.29) is 0 Å². The Morgan fingerprint density at radius 2 is 2.24 bits per heavy atom. The van der Waals surface area contributed by atoms with Crippen molar-refractivity contribution in [2.24, 2.45) is 0 Å². The number of hydrogen-bond acceptors (Lipinski definition) is 3. The number of para-hydroxylation sites is 2. The minimum absolute atomic E-state index is 0.666. The first-order valence-corrected chi connectivity index (χ1v) is 5.89. The van der Waals surface area contributed by atoms with Crippen LogP contribution in [0.5, 0.6) is 5.75 Å². The molecule has 0 atom stereocenters. The number of aromatic nitrogens is 2. The van der Waals surface area contributed by atoms with Crippen LogP contribution >= 0.6 is 0 Å². The predicted molar refractivity (Wildman–Crippen MR) is 65.3 cm³/mol. The first kappa shape index (κ1) is 10.4. The molecule has 4 nitrogen and oxygen atoms in total. The lowest BCUT2D eigenvalue weighted by atomic mass is 10.3. The Morgan fingerprint density at radius 1 is 1.35 bits per heavy atom. The Labute approximate surface area is 100 Å². The van der Waals surface area contributed by atoms with Crippen molar-refractivity contribution in [3.63, 3.8) is 0 Å². The lowest BCUT2D eigenvalue weighted by molar-refractivity contribution is 0.338. The van der Waals surface area contributed by atoms with Crippen LogP contribution in [0, 0.1) is 0 Å². The average Bonchev–Trinajstić information content (AvgIpc) is 2.90. The molecule has 0 saturated heterocycles. The molecule has 2 aromatic rings. The molecule has 0 spiro atoms. The summed E-state index contributed by atoms with van der Waals surface area (Å²) in [5, 5.41) is 7.86. The number of rotatable bonds is 3. The third-order valence-electron chi connectivity index (χ3n) is 2.90. The van der Waals surface area contributed by atoms with Gasteiger partial charge >= 0.3 is 0 Å². The summed E-state index contributed by atoms with van der Waals surface area (Å²) in [4.78, 5) is 0. The number of nitrogens with one attached hydrogen (secondary N) is 1. The Morgan fingerprint density at radius 3 is 3.06 bits per heavy atom. The van der Waals surface area contributed by atoms with Crippen molar-refractivity contribution in [2.45, 2.75) is 20.0 Å². The molecule has 0 aliphatic carbocycles. The molecule has 0 saturated carbocycles. The monoisotopic (exact) mass is 229 g/mol. The Hall–Kier alpha value is -1.81. The molecule has 4 heteroatoms. The molecule has 1 aromatic heterocycles. The lowest BCUT2D eigenvalue weighted by Crippen LogP contribution is -2.06. The van der Waals surface area contributed by atoms with E-state index in [4.69, 9.17) is 4.74 Å². The molecule has 17 heavy (non-hydrogen) atoms. The van der Waals surface area contributed by atoms with Gasteiger partial charge in [-0.15, -0.1) is 0 Å². The lowest BCUT2D eigenvalue weighted by Gasteiger charge is -2.09. The van der Waals surface area contributed by atoms with Crippen LogP contribution in [0.2, 0.25) is 0 Å². The summed E-state index contributed by atoms with van der Waals surface area (Å²) in [7, 11) is 0. The fourth-order valence-electron chi connectivity index (χ4n) is 2.10. The van der Waals surface area contributed by atoms with E-state index in [2.05, 4.69) is 16.6 Å². The van der Waals surface area contributed by atoms with E-state index in [9.17, 15) is 0 Å². The van der Waals surface area contributed by atoms with E-state index in [0.29, 0.717) is 6.61 Å². The van der Waals surface area contributed by atoms with Crippen LogP contribution in [-0.2, 0) is 13.1 Å². The van der Waals surface area contributed by atoms with Crippen LogP contribution in [-0.4, -0.2) is 16.4 Å². The number of nitrogens with zero attached hydrogens (tertiary/aromatic N) is 2. The maximum Gasteiger partial charge on any atom is 0.144 e. The van der Waals surface area contributed by atoms with Crippen LogP contribution < -0.4 is 10.1 Å². The van der Waals surface area contributed by atoms with Gasteiger partial charge in [-0.2, -0.15) is 5.10 Å². The molecule has 0 fully saturated rings. The number of fused-ring (bicyclic) bond motifs is 1. The van der Waals surface area contributed by atoms with Crippen molar-refractivity contribution < 1.29 is 4.74 Å². The van der Waals surface area contributed by atoms with Crippen LogP contribution in [0.15, 0.2) is 30.5 Å². The van der Waals surface area contributed by atoms with E-state index in [1.54, 1.807) is 0 Å². The van der Waals surface area contributed by atoms with Crippen LogP contribution in [0.4, 0.5) is 0 Å². The molecule has 1 aliphatic rings. The van der Waals surface area contributed by atoms with E-state index in [1.165, 1.54) is 5.56 Å². The third-order valence-corrected chi connectivity index (χ3v) is 2.90. The quantitative estimate of drug-likeness (QED) is 0.873. The van der Waals surface area contributed by atoms with E-state index < -0.39 is 0 Å². The molecular formula is C13H15N3O. The fraction of sp³-hybridized carbons (Fsp3) is 0.308. The van der Waals surface area contributed by atoms with Crippen molar-refractivity contribution in [3.8, 4) is 11.4 Å². The topological polar surface area (TPSA) is 39.1 Å². The van der Waals surface area contributed by atoms with Crippen LogP contribution in [0.3, 0.4) is 0 Å². The Kier molecular flexibility index (Phi) is 2.57. The zero-order chi connectivity index (χ0) is 11.7. The van der Waals surface area contributed by atoms with Gasteiger partial charge in [-0.1, -0.05) is 12.1 Å². The predicted octanol–water partition coefficient (Wildman–Crippen LogP) is 1.87. The molecule has 1 aliphatic heterocycles. The maximum atomic E-state index is 5.62. The van der Waals surface area contributed by atoms with Crippen molar-refractivity contribution in [2.75, 3.05) is 6.61 Å². The molecule has 0 amide bonds. The smallest absolute Gasteiger partial charge is 0.144 e. The summed E-state index contributed by atoms with van der Waals surface area (Å²) in [5.74, 6) is 0.879. The van der Waals surface area contributed by atoms with Gasteiger partial charge in [-0.25, -0.2) is 4.68 Å². The van der Waals surface area contributed by atoms with Gasteiger partial charge in [0.05, 0.1) is 12.3 Å². The second-order valence-electron chi connectivity index (χ2n) is 4.05. The highest BCUT2D eigenvalue weighted by atomic mass is 16.5. The molecular weight excluding hydrogens is 214 g/mol. The van der Waals surface area contributed by atoms with Crippen molar-refractivity contribution >= 4 is 0 Å². The molecule has 0 unspecified atom stereocenters. The van der Waals surface area contributed by atoms with Crippen LogP contribution in [0.25, 0.3) is 5.69 Å². The van der Waals surface area contributed by atoms with Crippen molar-refractivity contribution in [3.05, 3.63) is 41.7 Å². The standard InChI is InChI=1S/C13H15N3O/c1-2-17-13-6-4-3-5-12(13)16-9-10-7-14-8-11(10)15-16/h3-6,9,14H,2,7-8H2,1H3. The highest BCUT2D eigenvalue weighted by Crippen LogP contribution is 2.24. The van der Waals surface area contributed by atoms with E-state index >= 15 is 0 Å². The largest absolute Gasteiger partial charge is 0.492 e. The number of hydrogen-bond donors (Lipinski definition) is 1. The molecule has 0 radical (unpaired) electrons. The number of ether oxygens (including phenoxy) is 1. The van der Waals surface area contributed by atoms with Gasteiger partial charge in [-0.05, 0) is 19.1 Å². The normalized spacial score (nSPS) is 13.7. The van der Waals surface area contributed by atoms with Gasteiger partial charge in [0.25, 0.3) is 0 Å². The minimum Gasteiger partial charge on any atom is -0.492 e. The summed E-state index contributed by atoms with van der Waals surface area (Å²) < 4.78 is 7.53. The highest BCUT2D eigenvalue weighted by molar-refractivity contribution is 5.46. The molecule has 1 N–H and O–H groups in total. The van der Waals surface area contributed by atoms with Gasteiger partial charge < -0.3 is 10.1 Å². The SMILES string of the molecule is CCOc1ccccc1-n1cc2c(n1)CNC2. The maximum absolute atomic E-state index is 5.62. The van der Waals surface area contributed by atoms with Gasteiger partial charge in [0.1, 0.15) is 11.4 Å². The zero-order valence-electron chi connectivity index (χ0n) is 9.81. The molecule has 88 valence electrons. The first-order chi connectivity index (χ1) is 8.38. The number of benzene rings is 1. The van der Waals surface area contributed by atoms with Crippen molar-refractivity contribution in [1.82, 2.24) is 15.1 Å². The van der Waals surface area contributed by atoms with Gasteiger partial charge in [-0.3, -0.25) is 0 Å². The van der Waals surface area contributed by atoms with Gasteiger partial charge in [0, 0.05) is 24.8 Å². The summed E-state index contributed by atoms with van der Waals surface area (Å²) in [6.07, 6.45) is 2.08. The first-order valence-electron chi connectivity index (χ1n) is 5.89. The molecule has 0 bridgehead atoms. The highest BCUT2D eigenvalue weighted by Gasteiger charge is 2.16. The molecule has 1 aromatic carbocycles. The van der Waals surface area contributed by atoms with Crippen LogP contribution in [0.1, 0.15) is 18.2 Å². The fourth-order valence-corrected chi connectivity index (χ4v) is 2.10. The van der Waals surface area contributed by atoms with Crippen molar-refractivity contribution in [1.29, 1.82) is 0 Å². The van der Waals surface area contributed by atoms with Gasteiger partial charge in [0.15, 0.2) is 0 Å². The summed E-state index contributed by atoms with van der Waals surface area (Å²) in [6.45, 7) is 4.43. The Bertz CT molecular complexity index is 512. The van der Waals surface area contributed by atoms with E-state index in [1.807, 2.05) is 35.9 Å². The second kappa shape index (κ2) is 4.22. The Balaban J connectivity index is 2.02. The minimum atomic E-state index is 0.666. The summed E-state index contributed by atoms with van der Waals surface area (Å²) in [5.41, 5.74) is 3.41. The summed E-state index contributed by atoms with van der Waals surface area (Å²) in [6, 6.07) is 7.99. The summed E-state index contributed by atoms with van der Waals surface area (Å²) >= 11 is 0. The third kappa shape index (κ3) is 1.80. The molecule has 3 rings (SSSR count). The average molecular weight is 229 g/mol. The van der Waals surface area contributed by atoms with Gasteiger partial charge in [0.2, 0.25) is 0 Å². The molecule has 2 heterocycles. The zero-order valence-corrected chi connectivity index (χ0v) is 9.81. The second-order valence-corrected chi connectivity index (χ2v) is 4.05. The van der Waals surface area contributed by atoms with E-state index in [0.717, 1.165) is 30.2 Å².